The Hall–Kier alpha value is -1.59. The molecule has 0 heterocycles. The van der Waals surface area contributed by atoms with Crippen molar-refractivity contribution in [2.45, 2.75) is 26.3 Å². The number of carbonyl (C=O) groups excluding carboxylic acids is 2. The van der Waals surface area contributed by atoms with Crippen LogP contribution >= 0.6 is 0 Å². The summed E-state index contributed by atoms with van der Waals surface area (Å²) in [7, 11) is 0. The number of carbonyl (C=O) groups is 3. The minimum Gasteiger partial charge on any atom is -0.480 e. The first-order valence-corrected chi connectivity index (χ1v) is 4.24. The molecular formula is C8H14N2O4. The molecule has 6 nitrogen and oxygen atoms in total. The highest BCUT2D eigenvalue weighted by Gasteiger charge is 2.16. The van der Waals surface area contributed by atoms with Gasteiger partial charge < -0.3 is 15.7 Å². The molecule has 0 rings (SSSR count). The van der Waals surface area contributed by atoms with Crippen LogP contribution in [-0.2, 0) is 14.4 Å². The average Bonchev–Trinajstić information content (AvgIpc) is 2.10. The Labute approximate surface area is 81.7 Å². The third-order valence-electron chi connectivity index (χ3n) is 1.54. The van der Waals surface area contributed by atoms with Gasteiger partial charge in [0.05, 0.1) is 6.54 Å². The van der Waals surface area contributed by atoms with Crippen LogP contribution in [0.3, 0.4) is 0 Å². The molecule has 0 radical (unpaired) electrons. The molecule has 0 saturated heterocycles. The maximum atomic E-state index is 11.0. The maximum absolute atomic E-state index is 11.0. The largest absolute Gasteiger partial charge is 0.480 e. The number of aliphatic carboxylic acids is 1. The van der Waals surface area contributed by atoms with Gasteiger partial charge in [-0.25, -0.2) is 4.79 Å². The van der Waals surface area contributed by atoms with E-state index in [1.54, 1.807) is 6.92 Å². The highest BCUT2D eigenvalue weighted by molar-refractivity contribution is 5.87. The second kappa shape index (κ2) is 5.95. The van der Waals surface area contributed by atoms with Gasteiger partial charge in [0.15, 0.2) is 0 Å². The Morgan fingerprint density at radius 3 is 2.29 bits per heavy atom. The summed E-state index contributed by atoms with van der Waals surface area (Å²) < 4.78 is 0. The monoisotopic (exact) mass is 202 g/mol. The van der Waals surface area contributed by atoms with Gasteiger partial charge in [0.2, 0.25) is 11.8 Å². The van der Waals surface area contributed by atoms with Crippen LogP contribution in [0, 0.1) is 0 Å². The van der Waals surface area contributed by atoms with Crippen molar-refractivity contribution < 1.29 is 19.5 Å². The molecule has 0 aromatic rings. The predicted molar refractivity (Wildman–Crippen MR) is 48.5 cm³/mol. The molecule has 80 valence electrons. The van der Waals surface area contributed by atoms with Crippen molar-refractivity contribution in [3.8, 4) is 0 Å². The van der Waals surface area contributed by atoms with Gasteiger partial charge in [-0.15, -0.1) is 0 Å². The Morgan fingerprint density at radius 1 is 1.36 bits per heavy atom. The fourth-order valence-corrected chi connectivity index (χ4v) is 0.789. The number of nitrogens with one attached hydrogen (secondary N) is 2. The summed E-state index contributed by atoms with van der Waals surface area (Å²) in [6, 6.07) is -0.892. The van der Waals surface area contributed by atoms with Gasteiger partial charge in [-0.3, -0.25) is 9.59 Å². The van der Waals surface area contributed by atoms with E-state index in [0.29, 0.717) is 6.42 Å². The van der Waals surface area contributed by atoms with E-state index in [-0.39, 0.29) is 12.5 Å². The van der Waals surface area contributed by atoms with Gasteiger partial charge in [-0.2, -0.15) is 0 Å². The highest BCUT2D eigenvalue weighted by Crippen LogP contribution is 1.89. The molecule has 0 aliphatic heterocycles. The fraction of sp³-hybridized carbons (Fsp3) is 0.625. The zero-order chi connectivity index (χ0) is 11.1. The van der Waals surface area contributed by atoms with E-state index in [9.17, 15) is 14.4 Å². The van der Waals surface area contributed by atoms with Crippen LogP contribution in [-0.4, -0.2) is 35.5 Å². The molecule has 0 aromatic carbocycles. The smallest absolute Gasteiger partial charge is 0.326 e. The molecule has 1 unspecified atom stereocenters. The standard InChI is InChI=1S/C8H14N2O4/c1-3-6(8(13)14)10-7(12)4-9-5(2)11/h6H,3-4H2,1-2H3,(H,9,11)(H,10,12)(H,13,14). The number of hydrogen-bond donors (Lipinski definition) is 3. The van der Waals surface area contributed by atoms with Crippen molar-refractivity contribution in [1.29, 1.82) is 0 Å². The lowest BCUT2D eigenvalue weighted by molar-refractivity contribution is -0.141. The molecule has 0 aliphatic rings. The van der Waals surface area contributed by atoms with Crippen molar-refractivity contribution in [1.82, 2.24) is 10.6 Å². The van der Waals surface area contributed by atoms with E-state index in [4.69, 9.17) is 5.11 Å². The van der Waals surface area contributed by atoms with E-state index < -0.39 is 17.9 Å². The van der Waals surface area contributed by atoms with Crippen molar-refractivity contribution in [3.05, 3.63) is 0 Å². The maximum Gasteiger partial charge on any atom is 0.326 e. The van der Waals surface area contributed by atoms with Crippen molar-refractivity contribution >= 4 is 17.8 Å². The zero-order valence-electron chi connectivity index (χ0n) is 8.16. The average molecular weight is 202 g/mol. The quantitative estimate of drug-likeness (QED) is 0.538. The number of amides is 2. The van der Waals surface area contributed by atoms with Gasteiger partial charge in [0.1, 0.15) is 6.04 Å². The summed E-state index contributed by atoms with van der Waals surface area (Å²) in [6.07, 6.45) is 0.307. The Kier molecular flexibility index (Phi) is 5.28. The second-order valence-electron chi connectivity index (χ2n) is 2.78. The van der Waals surface area contributed by atoms with Gasteiger partial charge in [-0.05, 0) is 6.42 Å². The Balaban J connectivity index is 3.91. The number of rotatable bonds is 5. The summed E-state index contributed by atoms with van der Waals surface area (Å²) in [5.41, 5.74) is 0. The van der Waals surface area contributed by atoms with Gasteiger partial charge >= 0.3 is 5.97 Å². The summed E-state index contributed by atoms with van der Waals surface area (Å²) in [6.45, 7) is 2.73. The summed E-state index contributed by atoms with van der Waals surface area (Å²) in [5, 5.41) is 13.1. The predicted octanol–water partition coefficient (Wildman–Crippen LogP) is -0.898. The Bertz CT molecular complexity index is 239. The van der Waals surface area contributed by atoms with Crippen LogP contribution in [0.4, 0.5) is 0 Å². The third kappa shape index (κ3) is 5.13. The molecule has 0 aliphatic carbocycles. The Morgan fingerprint density at radius 2 is 1.93 bits per heavy atom. The SMILES string of the molecule is CCC(NC(=O)CNC(C)=O)C(=O)O. The third-order valence-corrected chi connectivity index (χ3v) is 1.54. The number of carboxylic acid groups (broad SMARTS) is 1. The van der Waals surface area contributed by atoms with Crippen molar-refractivity contribution in [2.75, 3.05) is 6.54 Å². The summed E-state index contributed by atoms with van der Waals surface area (Å²) in [5.74, 6) is -1.92. The molecule has 1 atom stereocenters. The molecule has 0 fully saturated rings. The lowest BCUT2D eigenvalue weighted by atomic mass is 10.2. The second-order valence-corrected chi connectivity index (χ2v) is 2.78. The fourth-order valence-electron chi connectivity index (χ4n) is 0.789. The first kappa shape index (κ1) is 12.4. The minimum absolute atomic E-state index is 0.195. The molecule has 0 aromatic heterocycles. The molecule has 3 N–H and O–H groups in total. The summed E-state index contributed by atoms with van der Waals surface area (Å²) in [4.78, 5) is 32.0. The van der Waals surface area contributed by atoms with Crippen LogP contribution in [0.1, 0.15) is 20.3 Å². The van der Waals surface area contributed by atoms with Crippen LogP contribution in [0.5, 0.6) is 0 Å². The summed E-state index contributed by atoms with van der Waals surface area (Å²) >= 11 is 0. The highest BCUT2D eigenvalue weighted by atomic mass is 16.4. The van der Waals surface area contributed by atoms with E-state index in [2.05, 4.69) is 10.6 Å². The van der Waals surface area contributed by atoms with Gasteiger partial charge in [-0.1, -0.05) is 6.92 Å². The topological polar surface area (TPSA) is 95.5 Å². The lowest BCUT2D eigenvalue weighted by Gasteiger charge is -2.11. The molecule has 0 spiro atoms. The zero-order valence-corrected chi connectivity index (χ0v) is 8.16. The van der Waals surface area contributed by atoms with E-state index in [1.807, 2.05) is 0 Å². The van der Waals surface area contributed by atoms with E-state index in [1.165, 1.54) is 6.92 Å². The lowest BCUT2D eigenvalue weighted by Crippen LogP contribution is -2.44. The van der Waals surface area contributed by atoms with Crippen molar-refractivity contribution in [2.24, 2.45) is 0 Å². The van der Waals surface area contributed by atoms with Crippen LogP contribution in [0.25, 0.3) is 0 Å². The minimum atomic E-state index is -1.08. The molecular weight excluding hydrogens is 188 g/mol. The van der Waals surface area contributed by atoms with Gasteiger partial charge in [0.25, 0.3) is 0 Å². The molecule has 0 saturated carbocycles. The molecule has 14 heavy (non-hydrogen) atoms. The normalized spacial score (nSPS) is 11.6. The number of carboxylic acids is 1. The van der Waals surface area contributed by atoms with Crippen LogP contribution in [0.15, 0.2) is 0 Å². The first-order chi connectivity index (χ1) is 6.47. The molecule has 6 heteroatoms. The number of hydrogen-bond acceptors (Lipinski definition) is 3. The first-order valence-electron chi connectivity index (χ1n) is 4.24. The van der Waals surface area contributed by atoms with Crippen LogP contribution < -0.4 is 10.6 Å². The van der Waals surface area contributed by atoms with Crippen LogP contribution in [0.2, 0.25) is 0 Å². The molecule has 0 bridgehead atoms. The van der Waals surface area contributed by atoms with Crippen molar-refractivity contribution in [3.63, 3.8) is 0 Å². The van der Waals surface area contributed by atoms with E-state index >= 15 is 0 Å². The molecule has 2 amide bonds. The van der Waals surface area contributed by atoms with Gasteiger partial charge in [0, 0.05) is 6.92 Å². The van der Waals surface area contributed by atoms with E-state index in [0.717, 1.165) is 0 Å².